The lowest BCUT2D eigenvalue weighted by Crippen LogP contribution is -2.04. The standard InChI is InChI=1S/C69H54N6O6/c1-43-31-34-61(76)49(37-43)64(46-19-7-4-8-20-46)73-58-28-16-13-25-55(58)70-40-52-67(79)53(41-71-56-26-14-17-29-59(56)74-65(47-21-9-5-10-22-47)50-38-44(2)32-35-62(50)77)69(81)54(68(52)80)42-72-57-27-15-18-30-60(57)75-66(48-23-11-6-12-24-48)51-39-45(3)33-36-63(51)78/h4-42,76-81H,1-3H3. The highest BCUT2D eigenvalue weighted by Gasteiger charge is 2.23. The maximum absolute atomic E-state index is 12.3. The summed E-state index contributed by atoms with van der Waals surface area (Å²) in [5, 5.41) is 70.2. The van der Waals surface area contributed by atoms with Crippen LogP contribution in [0.4, 0.5) is 34.1 Å². The molecule has 0 spiro atoms. The van der Waals surface area contributed by atoms with E-state index in [9.17, 15) is 30.6 Å². The summed E-state index contributed by atoms with van der Waals surface area (Å²) < 4.78 is 0. The molecule has 0 aliphatic heterocycles. The van der Waals surface area contributed by atoms with E-state index in [1.165, 1.54) is 18.6 Å². The van der Waals surface area contributed by atoms with Crippen LogP contribution in [-0.4, -0.2) is 66.4 Å². The molecule has 0 unspecified atom stereocenters. The molecule has 12 nitrogen and oxygen atoms in total. The number of benzene rings is 10. The number of hydrogen-bond donors (Lipinski definition) is 6. The van der Waals surface area contributed by atoms with Gasteiger partial charge >= 0.3 is 0 Å². The molecule has 0 heterocycles. The second kappa shape index (κ2) is 24.1. The van der Waals surface area contributed by atoms with Gasteiger partial charge in [-0.05, 0) is 93.6 Å². The molecule has 6 N–H and O–H groups in total. The molecule has 0 aromatic heterocycles. The Morgan fingerprint density at radius 1 is 0.284 bits per heavy atom. The van der Waals surface area contributed by atoms with E-state index in [1.54, 1.807) is 91.0 Å². The average Bonchev–Trinajstić information content (AvgIpc) is 3.55. The largest absolute Gasteiger partial charge is 0.507 e. The monoisotopic (exact) mass is 1060 g/mol. The first-order chi connectivity index (χ1) is 39.4. The molecule has 10 rings (SSSR count). The Kier molecular flexibility index (Phi) is 15.9. The van der Waals surface area contributed by atoms with Gasteiger partial charge in [0.05, 0.1) is 67.9 Å². The van der Waals surface area contributed by atoms with Crippen LogP contribution in [0.25, 0.3) is 0 Å². The predicted molar refractivity (Wildman–Crippen MR) is 326 cm³/mol. The number of rotatable bonds is 15. The van der Waals surface area contributed by atoms with Crippen LogP contribution in [0.5, 0.6) is 34.5 Å². The first-order valence-electron chi connectivity index (χ1n) is 25.9. The Balaban J connectivity index is 1.13. The van der Waals surface area contributed by atoms with Crippen LogP contribution < -0.4 is 0 Å². The van der Waals surface area contributed by atoms with Crippen molar-refractivity contribution in [3.63, 3.8) is 0 Å². The molecule has 81 heavy (non-hydrogen) atoms. The van der Waals surface area contributed by atoms with E-state index >= 15 is 0 Å². The second-order valence-electron chi connectivity index (χ2n) is 19.1. The highest BCUT2D eigenvalue weighted by atomic mass is 16.3. The number of aryl methyl sites for hydroxylation is 3. The molecule has 12 heteroatoms. The maximum Gasteiger partial charge on any atom is 0.140 e. The molecular weight excluding hydrogens is 1010 g/mol. The zero-order valence-electron chi connectivity index (χ0n) is 44.4. The molecule has 10 aromatic rings. The van der Waals surface area contributed by atoms with E-state index in [2.05, 4.69) is 0 Å². The van der Waals surface area contributed by atoms with E-state index in [0.29, 0.717) is 67.9 Å². The Morgan fingerprint density at radius 2 is 0.519 bits per heavy atom. The second-order valence-corrected chi connectivity index (χ2v) is 19.1. The van der Waals surface area contributed by atoms with Crippen molar-refractivity contribution in [3.05, 3.63) is 285 Å². The van der Waals surface area contributed by atoms with Gasteiger partial charge in [-0.15, -0.1) is 0 Å². The molecular formula is C69H54N6O6. The van der Waals surface area contributed by atoms with Crippen molar-refractivity contribution in [3.8, 4) is 34.5 Å². The minimum absolute atomic E-state index is 0.0415. The fourth-order valence-electron chi connectivity index (χ4n) is 9.05. The van der Waals surface area contributed by atoms with Crippen molar-refractivity contribution in [1.82, 2.24) is 0 Å². The number of aliphatic imine (C=N–C) groups is 6. The van der Waals surface area contributed by atoms with Gasteiger partial charge in [-0.3, -0.25) is 15.0 Å². The van der Waals surface area contributed by atoms with Crippen LogP contribution in [0.2, 0.25) is 0 Å². The summed E-state index contributed by atoms with van der Waals surface area (Å²) in [4.78, 5) is 29.6. The zero-order valence-corrected chi connectivity index (χ0v) is 44.4. The molecule has 396 valence electrons. The average molecular weight is 1060 g/mol. The predicted octanol–water partition coefficient (Wildman–Crippen LogP) is 15.6. The van der Waals surface area contributed by atoms with E-state index in [0.717, 1.165) is 33.4 Å². The van der Waals surface area contributed by atoms with Crippen molar-refractivity contribution >= 4 is 69.9 Å². The first-order valence-corrected chi connectivity index (χ1v) is 25.9. The Morgan fingerprint density at radius 3 is 0.778 bits per heavy atom. The third-order valence-corrected chi connectivity index (χ3v) is 13.2. The molecule has 0 fully saturated rings. The lowest BCUT2D eigenvalue weighted by Gasteiger charge is -2.14. The first kappa shape index (κ1) is 53.4. The molecule has 0 saturated carbocycles. The number of phenols is 6. The smallest absolute Gasteiger partial charge is 0.140 e. The molecule has 10 aromatic carbocycles. The highest BCUT2D eigenvalue weighted by molar-refractivity contribution is 6.18. The zero-order chi connectivity index (χ0) is 56.4. The lowest BCUT2D eigenvalue weighted by atomic mass is 9.99. The normalized spacial score (nSPS) is 12.3. The van der Waals surface area contributed by atoms with Crippen molar-refractivity contribution in [2.24, 2.45) is 30.0 Å². The van der Waals surface area contributed by atoms with Crippen LogP contribution in [0.1, 0.15) is 66.8 Å². The summed E-state index contributed by atoms with van der Waals surface area (Å²) in [6, 6.07) is 65.5. The number of phenolic OH excluding ortho intramolecular Hbond substituents is 6. The SMILES string of the molecule is Cc1ccc(O)c(C(=Nc2ccccc2N=Cc2c(O)c(C=Nc3ccccc3N=C(c3ccccc3)c3cc(C)ccc3O)c(O)c(C=Nc3ccccc3N=C(c3ccccc3)c3cc(C)ccc3O)c2O)c2ccccc2)c1. The van der Waals surface area contributed by atoms with Gasteiger partial charge < -0.3 is 30.6 Å². The van der Waals surface area contributed by atoms with Crippen LogP contribution in [0.15, 0.2) is 248 Å². The van der Waals surface area contributed by atoms with E-state index < -0.39 is 17.2 Å². The van der Waals surface area contributed by atoms with Crippen molar-refractivity contribution < 1.29 is 30.6 Å². The summed E-state index contributed by atoms with van der Waals surface area (Å²) in [6.07, 6.45) is 3.82. The minimum Gasteiger partial charge on any atom is -0.507 e. The number of para-hydroxylation sites is 6. The number of nitrogens with zero attached hydrogens (tertiary/aromatic N) is 6. The van der Waals surface area contributed by atoms with Crippen LogP contribution in [-0.2, 0) is 0 Å². The molecule has 0 amide bonds. The fraction of sp³-hybridized carbons (Fsp3) is 0.0435. The van der Waals surface area contributed by atoms with Crippen molar-refractivity contribution in [2.75, 3.05) is 0 Å². The topological polar surface area (TPSA) is 196 Å². The van der Waals surface area contributed by atoms with Crippen LogP contribution in [0.3, 0.4) is 0 Å². The summed E-state index contributed by atoms with van der Waals surface area (Å²) in [5.41, 5.74) is 9.67. The van der Waals surface area contributed by atoms with Crippen molar-refractivity contribution in [1.29, 1.82) is 0 Å². The molecule has 0 bridgehead atoms. The quantitative estimate of drug-likeness (QED) is 0.0553. The highest BCUT2D eigenvalue weighted by Crippen LogP contribution is 2.42. The minimum atomic E-state index is -0.559. The van der Waals surface area contributed by atoms with Gasteiger partial charge in [0.1, 0.15) is 34.5 Å². The molecule has 0 aliphatic rings. The van der Waals surface area contributed by atoms with Crippen LogP contribution in [0, 0.1) is 20.8 Å². The van der Waals surface area contributed by atoms with Crippen LogP contribution >= 0.6 is 0 Å². The summed E-state index contributed by atoms with van der Waals surface area (Å²) in [5.74, 6) is -1.55. The third kappa shape index (κ3) is 12.1. The molecule has 0 radical (unpaired) electrons. The van der Waals surface area contributed by atoms with Gasteiger partial charge in [-0.2, -0.15) is 0 Å². The van der Waals surface area contributed by atoms with E-state index in [4.69, 9.17) is 30.0 Å². The van der Waals surface area contributed by atoms with Gasteiger partial charge in [0.15, 0.2) is 0 Å². The summed E-state index contributed by atoms with van der Waals surface area (Å²) in [6.45, 7) is 5.79. The van der Waals surface area contributed by atoms with Gasteiger partial charge in [0.25, 0.3) is 0 Å². The van der Waals surface area contributed by atoms with Gasteiger partial charge in [0, 0.05) is 52.0 Å². The fourth-order valence-corrected chi connectivity index (χ4v) is 9.05. The molecule has 0 atom stereocenters. The van der Waals surface area contributed by atoms with Gasteiger partial charge in [-0.1, -0.05) is 162 Å². The Bertz CT molecular complexity index is 3710. The lowest BCUT2D eigenvalue weighted by molar-refractivity contribution is 0.424. The molecule has 0 saturated heterocycles. The summed E-state index contributed by atoms with van der Waals surface area (Å²) >= 11 is 0. The Hall–Kier alpha value is -11.0. The van der Waals surface area contributed by atoms with E-state index in [-0.39, 0.29) is 33.9 Å². The van der Waals surface area contributed by atoms with Gasteiger partial charge in [0.2, 0.25) is 0 Å². The molecule has 0 aliphatic carbocycles. The maximum atomic E-state index is 12.3. The third-order valence-electron chi connectivity index (χ3n) is 13.2. The van der Waals surface area contributed by atoms with Crippen molar-refractivity contribution in [2.45, 2.75) is 20.8 Å². The van der Waals surface area contributed by atoms with Gasteiger partial charge in [-0.25, -0.2) is 15.0 Å². The Labute approximate surface area is 468 Å². The number of hydrogen-bond acceptors (Lipinski definition) is 12. The van der Waals surface area contributed by atoms with E-state index in [1.807, 2.05) is 148 Å². The summed E-state index contributed by atoms with van der Waals surface area (Å²) in [7, 11) is 0. The number of aromatic hydroxyl groups is 6.